The molecule has 15 heteroatoms. The van der Waals surface area contributed by atoms with Crippen LogP contribution in [0.5, 0.6) is 5.75 Å². The van der Waals surface area contributed by atoms with Gasteiger partial charge in [-0.25, -0.2) is 4.79 Å². The van der Waals surface area contributed by atoms with E-state index in [1.54, 1.807) is 41.8 Å². The number of aliphatic carboxylic acids is 1. The fourth-order valence-electron chi connectivity index (χ4n) is 3.96. The SMILES string of the molecule is Cc1nnc(SCC2=C(C(=O)[O-])N3C(=O)C(NC(=O)Cc4ccsc4C(=O)Oc4ccccc4)[C@H]3SC2)s1.[Na+]. The number of para-hydroxylation sites is 1. The molecule has 0 saturated carbocycles. The predicted octanol–water partition coefficient (Wildman–Crippen LogP) is -1.13. The average molecular weight is 611 g/mol. The minimum Gasteiger partial charge on any atom is -0.543 e. The Bertz CT molecular complexity index is 1440. The van der Waals surface area contributed by atoms with E-state index in [-0.39, 0.29) is 41.7 Å². The fourth-order valence-corrected chi connectivity index (χ4v) is 8.06. The number of aromatic nitrogens is 2. The molecule has 2 amide bonds. The van der Waals surface area contributed by atoms with Gasteiger partial charge < -0.3 is 20.0 Å². The van der Waals surface area contributed by atoms with Gasteiger partial charge in [0.15, 0.2) is 4.34 Å². The molecule has 1 N–H and O–H groups in total. The zero-order valence-corrected chi connectivity index (χ0v) is 26.0. The molecule has 0 radical (unpaired) electrons. The summed E-state index contributed by atoms with van der Waals surface area (Å²) in [5, 5.41) is 24.6. The molecule has 0 bridgehead atoms. The predicted molar refractivity (Wildman–Crippen MR) is 142 cm³/mol. The van der Waals surface area contributed by atoms with E-state index < -0.39 is 35.2 Å². The molecule has 2 aliphatic heterocycles. The standard InChI is InChI=1S/C24H20N4O6S4.Na/c1-12-26-27-24(38-12)37-11-14-10-36-21-17(20(30)28(21)18(14)22(31)32)25-16(29)9-13-7-8-35-19(13)23(33)34-15-5-3-2-4-6-15;/h2-8,17,21H,9-11H2,1H3,(H,25,29)(H,31,32);/q;+1/p-1/t17?,21-;/m1./s1. The number of ether oxygens (including phenoxy) is 1. The number of hydrogen-bond acceptors (Lipinski definition) is 12. The van der Waals surface area contributed by atoms with Crippen LogP contribution in [0.2, 0.25) is 0 Å². The Kier molecular flexibility index (Phi) is 9.91. The summed E-state index contributed by atoms with van der Waals surface area (Å²) in [6, 6.07) is 9.40. The van der Waals surface area contributed by atoms with Gasteiger partial charge in [0.05, 0.1) is 18.1 Å². The van der Waals surface area contributed by atoms with Crippen LogP contribution in [-0.2, 0) is 20.8 Å². The number of rotatable bonds is 9. The molecular formula is C24H19N4NaO6S4. The molecule has 2 aliphatic rings. The zero-order chi connectivity index (χ0) is 26.8. The monoisotopic (exact) mass is 610 g/mol. The zero-order valence-electron chi connectivity index (χ0n) is 20.7. The van der Waals surface area contributed by atoms with E-state index in [1.165, 1.54) is 39.8 Å². The number of carboxylic acids is 1. The van der Waals surface area contributed by atoms with E-state index in [0.717, 1.165) is 16.3 Å². The number of thiophene rings is 1. The average Bonchev–Trinajstić information content (AvgIpc) is 3.54. The summed E-state index contributed by atoms with van der Waals surface area (Å²) in [6.45, 7) is 1.83. The van der Waals surface area contributed by atoms with E-state index in [9.17, 15) is 24.3 Å². The van der Waals surface area contributed by atoms with Gasteiger partial charge in [-0.15, -0.1) is 33.3 Å². The first-order valence-corrected chi connectivity index (χ1v) is 15.0. The summed E-state index contributed by atoms with van der Waals surface area (Å²) in [5.41, 5.74) is 0.888. The maximum absolute atomic E-state index is 12.9. The fraction of sp³-hybridized carbons (Fsp3) is 0.250. The van der Waals surface area contributed by atoms with Gasteiger partial charge >= 0.3 is 35.5 Å². The Morgan fingerprint density at radius 2 is 1.97 bits per heavy atom. The second kappa shape index (κ2) is 13.0. The Hall–Kier alpha value is -2.20. The number of benzene rings is 1. The molecule has 1 saturated heterocycles. The third-order valence-corrected chi connectivity index (χ3v) is 10.0. The van der Waals surface area contributed by atoms with Crippen molar-refractivity contribution in [2.75, 3.05) is 11.5 Å². The molecular weight excluding hydrogens is 592 g/mol. The van der Waals surface area contributed by atoms with Crippen molar-refractivity contribution in [1.29, 1.82) is 0 Å². The molecule has 2 aromatic heterocycles. The van der Waals surface area contributed by atoms with Crippen LogP contribution in [0.4, 0.5) is 0 Å². The van der Waals surface area contributed by atoms with Gasteiger partial charge in [0, 0.05) is 11.5 Å². The quantitative estimate of drug-likeness (QED) is 0.104. The number of β-lactam (4-membered cyclic amide) rings is 1. The van der Waals surface area contributed by atoms with Crippen LogP contribution >= 0.6 is 46.2 Å². The van der Waals surface area contributed by atoms with Gasteiger partial charge in [0.1, 0.15) is 27.0 Å². The van der Waals surface area contributed by atoms with E-state index >= 15 is 0 Å². The Morgan fingerprint density at radius 3 is 2.67 bits per heavy atom. The topological polar surface area (TPSA) is 142 Å². The summed E-state index contributed by atoms with van der Waals surface area (Å²) in [5.74, 6) is -1.88. The number of fused-ring (bicyclic) bond motifs is 1. The van der Waals surface area contributed by atoms with Gasteiger partial charge in [-0.2, -0.15) is 0 Å². The number of carbonyl (C=O) groups excluding carboxylic acids is 4. The van der Waals surface area contributed by atoms with Crippen LogP contribution < -0.4 is 44.7 Å². The van der Waals surface area contributed by atoms with Crippen LogP contribution in [0.15, 0.2) is 57.4 Å². The molecule has 0 aliphatic carbocycles. The number of carbonyl (C=O) groups is 4. The minimum atomic E-state index is -1.43. The molecule has 5 rings (SSSR count). The van der Waals surface area contributed by atoms with Gasteiger partial charge in [-0.05, 0) is 41.6 Å². The molecule has 1 aromatic carbocycles. The number of aryl methyl sites for hydroxylation is 1. The third kappa shape index (κ3) is 6.59. The first-order valence-electron chi connectivity index (χ1n) is 11.3. The second-order valence-electron chi connectivity index (χ2n) is 8.22. The minimum absolute atomic E-state index is 0. The number of hydrogen-bond donors (Lipinski definition) is 1. The molecule has 10 nitrogen and oxygen atoms in total. The van der Waals surface area contributed by atoms with Gasteiger partial charge in [0.2, 0.25) is 5.91 Å². The van der Waals surface area contributed by atoms with Crippen LogP contribution in [-0.4, -0.2) is 61.8 Å². The van der Waals surface area contributed by atoms with Gasteiger partial charge in [-0.3, -0.25) is 14.5 Å². The largest absolute Gasteiger partial charge is 1.00 e. The van der Waals surface area contributed by atoms with Crippen molar-refractivity contribution >= 4 is 70.0 Å². The van der Waals surface area contributed by atoms with E-state index in [1.807, 2.05) is 6.92 Å². The van der Waals surface area contributed by atoms with Crippen molar-refractivity contribution in [3.05, 3.63) is 68.5 Å². The summed E-state index contributed by atoms with van der Waals surface area (Å²) >= 11 is 5.30. The molecule has 1 fully saturated rings. The van der Waals surface area contributed by atoms with Crippen molar-refractivity contribution in [3.63, 3.8) is 0 Å². The Labute approximate surface area is 261 Å². The van der Waals surface area contributed by atoms with Crippen molar-refractivity contribution in [2.45, 2.75) is 29.1 Å². The number of nitrogens with zero attached hydrogens (tertiary/aromatic N) is 3. The number of esters is 1. The van der Waals surface area contributed by atoms with E-state index in [0.29, 0.717) is 37.6 Å². The van der Waals surface area contributed by atoms with Crippen LogP contribution in [0, 0.1) is 6.92 Å². The summed E-state index contributed by atoms with van der Waals surface area (Å²) in [7, 11) is 0. The van der Waals surface area contributed by atoms with E-state index in [4.69, 9.17) is 4.74 Å². The number of nitrogens with one attached hydrogen (secondary N) is 1. The maximum Gasteiger partial charge on any atom is 1.00 e. The molecule has 2 atom stereocenters. The normalized spacial score (nSPS) is 18.1. The first kappa shape index (κ1) is 29.8. The molecule has 4 heterocycles. The molecule has 1 unspecified atom stereocenters. The molecule has 3 aromatic rings. The van der Waals surface area contributed by atoms with Gasteiger partial charge in [-0.1, -0.05) is 41.3 Å². The third-order valence-electron chi connectivity index (χ3n) is 5.67. The van der Waals surface area contributed by atoms with Crippen LogP contribution in [0.25, 0.3) is 0 Å². The molecule has 0 spiro atoms. The number of thioether (sulfide) groups is 2. The van der Waals surface area contributed by atoms with E-state index in [2.05, 4.69) is 15.5 Å². The summed E-state index contributed by atoms with van der Waals surface area (Å²) in [4.78, 5) is 51.8. The number of carboxylic acid groups (broad SMARTS) is 1. The molecule has 196 valence electrons. The number of amides is 2. The van der Waals surface area contributed by atoms with Crippen molar-refractivity contribution in [3.8, 4) is 5.75 Å². The van der Waals surface area contributed by atoms with Gasteiger partial charge in [0.25, 0.3) is 5.91 Å². The van der Waals surface area contributed by atoms with Crippen LogP contribution in [0.3, 0.4) is 0 Å². The summed E-state index contributed by atoms with van der Waals surface area (Å²) < 4.78 is 6.08. The summed E-state index contributed by atoms with van der Waals surface area (Å²) in [6.07, 6.45) is -0.129. The van der Waals surface area contributed by atoms with Crippen molar-refractivity contribution < 1.29 is 58.6 Å². The van der Waals surface area contributed by atoms with Crippen molar-refractivity contribution in [2.24, 2.45) is 0 Å². The Morgan fingerprint density at radius 1 is 1.21 bits per heavy atom. The second-order valence-corrected chi connectivity index (χ2v) is 12.6. The molecule has 39 heavy (non-hydrogen) atoms. The van der Waals surface area contributed by atoms with Crippen molar-refractivity contribution in [1.82, 2.24) is 20.4 Å². The maximum atomic E-state index is 12.9. The Balaban J connectivity index is 0.00000353. The first-order chi connectivity index (χ1) is 18.3. The van der Waals surface area contributed by atoms with Crippen LogP contribution in [0.1, 0.15) is 20.2 Å². The smallest absolute Gasteiger partial charge is 0.543 e.